The first-order valence-electron chi connectivity index (χ1n) is 40.8. The van der Waals surface area contributed by atoms with Gasteiger partial charge in [0.1, 0.15) is 0 Å². The lowest BCUT2D eigenvalue weighted by atomic mass is 9.97. The summed E-state index contributed by atoms with van der Waals surface area (Å²) in [5.41, 5.74) is 15.5. The topological polar surface area (TPSA) is 136 Å². The Bertz CT molecular complexity index is 6760. The molecule has 0 aliphatic heterocycles. The Morgan fingerprint density at radius 2 is 0.269 bits per heavy atom. The van der Waals surface area contributed by atoms with Crippen molar-refractivity contribution in [2.75, 3.05) is 9.80 Å². The van der Waals surface area contributed by atoms with Gasteiger partial charge in [-0.25, -0.2) is 65.9 Å². The molecule has 0 saturated heterocycles. The van der Waals surface area contributed by atoms with Gasteiger partial charge in [0.25, 0.3) is 17.1 Å². The van der Waals surface area contributed by atoms with Crippen LogP contribution in [0, 0.1) is 118 Å². The zero-order valence-corrected chi connectivity index (χ0v) is 69.0. The molecular formula is C108H60F15N5O6. The summed E-state index contributed by atoms with van der Waals surface area (Å²) in [5.74, 6) is -31.3. The fraction of sp³-hybridized carbons (Fsp3) is 0. The molecule has 0 aliphatic carbocycles. The number of benzene rings is 18. The van der Waals surface area contributed by atoms with Gasteiger partial charge in [0.05, 0.1) is 31.5 Å². The Kier molecular flexibility index (Phi) is 24.8. The average Bonchev–Trinajstić information content (AvgIpc) is 0.432. The molecule has 658 valence electrons. The van der Waals surface area contributed by atoms with E-state index in [1.54, 1.807) is 109 Å². The lowest BCUT2D eigenvalue weighted by molar-refractivity contribution is -0.385. The van der Waals surface area contributed by atoms with Gasteiger partial charge >= 0.3 is 0 Å². The molecule has 134 heavy (non-hydrogen) atoms. The van der Waals surface area contributed by atoms with Crippen molar-refractivity contribution in [2.45, 2.75) is 0 Å². The summed E-state index contributed by atoms with van der Waals surface area (Å²) >= 11 is 0. The van der Waals surface area contributed by atoms with E-state index in [0.29, 0.717) is 50.4 Å². The Morgan fingerprint density at radius 1 is 0.149 bits per heavy atom. The zero-order chi connectivity index (χ0) is 94.0. The molecule has 0 unspecified atom stereocenters. The molecule has 18 rings (SSSR count). The Balaban J connectivity index is 0.000000187. The highest BCUT2D eigenvalue weighted by molar-refractivity contribution is 5.87. The van der Waals surface area contributed by atoms with Gasteiger partial charge in [-0.1, -0.05) is 200 Å². The van der Waals surface area contributed by atoms with E-state index in [-0.39, 0.29) is 33.8 Å². The number of nitro benzene ring substituents is 3. The second-order valence-electron chi connectivity index (χ2n) is 30.7. The van der Waals surface area contributed by atoms with E-state index in [4.69, 9.17) is 0 Å². The maximum atomic E-state index is 14.6. The minimum absolute atomic E-state index is 0.0482. The first-order chi connectivity index (χ1) is 64.6. The molecule has 0 fully saturated rings. The number of nitrogens with zero attached hydrogens (tertiary/aromatic N) is 5. The Hall–Kier alpha value is -17.3. The van der Waals surface area contributed by atoms with Crippen LogP contribution in [0.1, 0.15) is 0 Å². The van der Waals surface area contributed by atoms with E-state index in [9.17, 15) is 96.2 Å². The second kappa shape index (κ2) is 37.4. The third-order valence-electron chi connectivity index (χ3n) is 22.7. The normalized spacial score (nSPS) is 11.1. The zero-order valence-electron chi connectivity index (χ0n) is 69.0. The van der Waals surface area contributed by atoms with Gasteiger partial charge < -0.3 is 9.80 Å². The monoisotopic (exact) mass is 1810 g/mol. The van der Waals surface area contributed by atoms with Crippen molar-refractivity contribution in [3.05, 3.63) is 482 Å². The summed E-state index contributed by atoms with van der Waals surface area (Å²) in [5, 5.41) is 33.7. The predicted molar refractivity (Wildman–Crippen MR) is 487 cm³/mol. The lowest BCUT2D eigenvalue weighted by Crippen LogP contribution is -2.09. The van der Waals surface area contributed by atoms with Crippen LogP contribution in [0.25, 0.3) is 134 Å². The van der Waals surface area contributed by atoms with Crippen molar-refractivity contribution in [2.24, 2.45) is 0 Å². The molecule has 18 aromatic rings. The van der Waals surface area contributed by atoms with Crippen molar-refractivity contribution in [3.63, 3.8) is 0 Å². The molecule has 0 radical (unpaired) electrons. The SMILES string of the molecule is Fc1c(F)c(F)c(-c2ccc(-c3ccc(N(c4ccc(-c5ccc(-c6c(F)c(F)c(F)c(F)c6F)cc5)cc4)c4ccc(-c5ccc(-c6c(F)c(F)c(F)c(F)c6F)cc5)cc4)cc3)cc2)c(F)c1F.O=[N+]([O-])c1ccc(-c2cccc(-c3ccc(N(c4ccc(-c5cccc(-c6ccc([N+](=O)[O-])cc6)c5)cc4)c4ccc(-c5cccc(-c6ccc([N+](=O)[O-])cc6)c5)cc4)cc3)c2)cc1. The van der Waals surface area contributed by atoms with Gasteiger partial charge in [-0.2, -0.15) is 0 Å². The van der Waals surface area contributed by atoms with Crippen LogP contribution in [-0.2, 0) is 0 Å². The highest BCUT2D eigenvalue weighted by Crippen LogP contribution is 2.45. The van der Waals surface area contributed by atoms with Crippen LogP contribution < -0.4 is 9.80 Å². The molecule has 11 nitrogen and oxygen atoms in total. The molecule has 0 spiro atoms. The van der Waals surface area contributed by atoms with Gasteiger partial charge in [-0.05, 0) is 244 Å². The molecule has 26 heteroatoms. The summed E-state index contributed by atoms with van der Waals surface area (Å²) < 4.78 is 212. The van der Waals surface area contributed by atoms with Crippen LogP contribution in [0.3, 0.4) is 0 Å². The fourth-order valence-electron chi connectivity index (χ4n) is 15.7. The summed E-state index contributed by atoms with van der Waals surface area (Å²) in [7, 11) is 0. The highest BCUT2D eigenvalue weighted by atomic mass is 19.2. The van der Waals surface area contributed by atoms with Gasteiger partial charge in [0.15, 0.2) is 69.8 Å². The number of nitro groups is 3. The van der Waals surface area contributed by atoms with Gasteiger partial charge in [-0.3, -0.25) is 30.3 Å². The summed E-state index contributed by atoms with van der Waals surface area (Å²) in [6.45, 7) is 0. The van der Waals surface area contributed by atoms with Crippen molar-refractivity contribution < 1.29 is 80.6 Å². The van der Waals surface area contributed by atoms with E-state index in [0.717, 1.165) is 83.8 Å². The van der Waals surface area contributed by atoms with Gasteiger partial charge in [0.2, 0.25) is 17.5 Å². The maximum absolute atomic E-state index is 14.6. The molecule has 0 heterocycles. The number of non-ortho nitro benzene ring substituents is 3. The van der Waals surface area contributed by atoms with E-state index < -0.39 is 119 Å². The Morgan fingerprint density at radius 3 is 0.418 bits per heavy atom. The molecule has 0 amide bonds. The third kappa shape index (κ3) is 17.8. The van der Waals surface area contributed by atoms with Crippen LogP contribution in [0.5, 0.6) is 0 Å². The minimum Gasteiger partial charge on any atom is -0.311 e. The van der Waals surface area contributed by atoms with Crippen molar-refractivity contribution >= 4 is 51.2 Å². The summed E-state index contributed by atoms with van der Waals surface area (Å²) in [6, 6.07) is 106. The quantitative estimate of drug-likeness (QED) is 0.0228. The molecular weight excluding hydrogens is 1750 g/mol. The van der Waals surface area contributed by atoms with Crippen molar-refractivity contribution in [3.8, 4) is 134 Å². The standard InChI is InChI=1S/C54H24F15N.C54H36N4O6/c55-40-37(41(56)47(62)52(67)46(40)61)31-7-1-25(2-8-31)28-13-19-34(20-14-28)70(35-21-15-29(16-22-35)26-3-9-32(10-4-26)38-42(57)48(63)53(68)49(64)43(38)58)36-23-17-30(18-24-36)27-5-11-33(12-6-27)39-44(59)50(65)54(69)51(66)45(39)60;59-56(60)52-28-16-40(17-29-52)46-7-1-4-43(34-46)37-10-22-49(23-11-37)55(50-24-12-38(13-25-50)44-5-2-8-47(35-44)41-18-30-53(31-19-41)57(61)62)51-26-14-39(15-27-51)45-6-3-9-48(36-45)42-20-32-54(33-21-42)58(63)64/h1-24H;1-36H. The van der Waals surface area contributed by atoms with Gasteiger partial charge in [0, 0.05) is 70.5 Å². The first-order valence-corrected chi connectivity index (χ1v) is 40.8. The summed E-state index contributed by atoms with van der Waals surface area (Å²) in [4.78, 5) is 36.5. The number of hydrogen-bond acceptors (Lipinski definition) is 8. The Labute approximate surface area is 752 Å². The molecule has 0 bridgehead atoms. The number of halogens is 15. The summed E-state index contributed by atoms with van der Waals surface area (Å²) in [6.07, 6.45) is 0. The molecule has 0 N–H and O–H groups in total. The fourth-order valence-corrected chi connectivity index (χ4v) is 15.7. The molecule has 18 aromatic carbocycles. The van der Waals surface area contributed by atoms with Crippen LogP contribution in [0.15, 0.2) is 364 Å². The van der Waals surface area contributed by atoms with Crippen LogP contribution in [0.4, 0.5) is 117 Å². The van der Waals surface area contributed by atoms with E-state index >= 15 is 0 Å². The number of anilines is 6. The smallest absolute Gasteiger partial charge is 0.269 e. The average molecular weight is 1810 g/mol. The van der Waals surface area contributed by atoms with Crippen LogP contribution in [-0.4, -0.2) is 14.8 Å². The molecule has 0 saturated carbocycles. The van der Waals surface area contributed by atoms with Crippen molar-refractivity contribution in [1.29, 1.82) is 0 Å². The lowest BCUT2D eigenvalue weighted by Gasteiger charge is -2.26. The van der Waals surface area contributed by atoms with E-state index in [1.807, 2.05) is 59.5 Å². The highest BCUT2D eigenvalue weighted by Gasteiger charge is 2.31. The van der Waals surface area contributed by atoms with Crippen molar-refractivity contribution in [1.82, 2.24) is 0 Å². The largest absolute Gasteiger partial charge is 0.311 e. The van der Waals surface area contributed by atoms with E-state index in [1.165, 1.54) is 109 Å². The maximum Gasteiger partial charge on any atom is 0.269 e. The minimum atomic E-state index is -2.28. The number of hydrogen-bond donors (Lipinski definition) is 0. The first kappa shape index (κ1) is 88.7. The van der Waals surface area contributed by atoms with E-state index in [2.05, 4.69) is 95.9 Å². The molecule has 0 aromatic heterocycles. The molecule has 0 aliphatic rings. The second-order valence-corrected chi connectivity index (χ2v) is 30.7. The number of rotatable bonds is 21. The van der Waals surface area contributed by atoms with Gasteiger partial charge in [-0.15, -0.1) is 0 Å². The molecule has 0 atom stereocenters. The predicted octanol–water partition coefficient (Wildman–Crippen LogP) is 32.1. The third-order valence-corrected chi connectivity index (χ3v) is 22.7. The van der Waals surface area contributed by atoms with Crippen LogP contribution in [0.2, 0.25) is 0 Å². The van der Waals surface area contributed by atoms with Crippen LogP contribution >= 0.6 is 0 Å².